The minimum Gasteiger partial charge on any atom is -0.378 e. The molecule has 5 heteroatoms. The minimum absolute atomic E-state index is 0.0372. The van der Waals surface area contributed by atoms with Gasteiger partial charge in [0.2, 0.25) is 5.91 Å². The molecule has 0 bridgehead atoms. The fraction of sp³-hybridized carbons (Fsp3) is 0.611. The van der Waals surface area contributed by atoms with Gasteiger partial charge in [0.25, 0.3) is 0 Å². The second kappa shape index (κ2) is 6.99. The Balaban J connectivity index is 1.55. The molecule has 1 fully saturated rings. The molecule has 2 heterocycles. The molecule has 126 valence electrons. The average molecular weight is 317 g/mol. The number of benzene rings is 1. The monoisotopic (exact) mass is 317 g/mol. The van der Waals surface area contributed by atoms with Crippen LogP contribution in [0.15, 0.2) is 24.3 Å². The highest BCUT2D eigenvalue weighted by molar-refractivity contribution is 5.82. The maximum atomic E-state index is 12.3. The van der Waals surface area contributed by atoms with E-state index in [4.69, 9.17) is 4.74 Å². The number of ether oxygens (including phenoxy) is 1. The Morgan fingerprint density at radius 3 is 2.91 bits per heavy atom. The predicted molar refractivity (Wildman–Crippen MR) is 90.3 cm³/mol. The van der Waals surface area contributed by atoms with E-state index < -0.39 is 0 Å². The molecule has 1 aromatic carbocycles. The summed E-state index contributed by atoms with van der Waals surface area (Å²) < 4.78 is 5.36. The van der Waals surface area contributed by atoms with Crippen LogP contribution >= 0.6 is 0 Å². The SMILES string of the molecule is CC(C)(CNC(=O)C1COCCN1)N1CCc2ccccc2C1. The van der Waals surface area contributed by atoms with Crippen molar-refractivity contribution >= 4 is 5.91 Å². The fourth-order valence-electron chi connectivity index (χ4n) is 3.28. The molecule has 2 aliphatic heterocycles. The summed E-state index contributed by atoms with van der Waals surface area (Å²) in [4.78, 5) is 14.7. The molecule has 0 aromatic heterocycles. The van der Waals surface area contributed by atoms with Crippen LogP contribution in [0, 0.1) is 0 Å². The number of carbonyl (C=O) groups is 1. The van der Waals surface area contributed by atoms with Crippen LogP contribution in [0.3, 0.4) is 0 Å². The smallest absolute Gasteiger partial charge is 0.239 e. The number of hydrogen-bond donors (Lipinski definition) is 2. The molecule has 2 N–H and O–H groups in total. The van der Waals surface area contributed by atoms with Gasteiger partial charge < -0.3 is 15.4 Å². The summed E-state index contributed by atoms with van der Waals surface area (Å²) in [5.74, 6) is 0.0372. The van der Waals surface area contributed by atoms with Gasteiger partial charge in [-0.1, -0.05) is 24.3 Å². The molecule has 0 aliphatic carbocycles. The highest BCUT2D eigenvalue weighted by Crippen LogP contribution is 2.24. The van der Waals surface area contributed by atoms with Gasteiger partial charge in [0.05, 0.1) is 13.2 Å². The van der Waals surface area contributed by atoms with Crippen LogP contribution in [0.4, 0.5) is 0 Å². The van der Waals surface area contributed by atoms with Gasteiger partial charge in [-0.2, -0.15) is 0 Å². The van der Waals surface area contributed by atoms with Crippen LogP contribution in [0.1, 0.15) is 25.0 Å². The van der Waals surface area contributed by atoms with E-state index in [1.54, 1.807) is 0 Å². The molecule has 1 atom stereocenters. The number of amides is 1. The number of morpholine rings is 1. The molecule has 23 heavy (non-hydrogen) atoms. The van der Waals surface area contributed by atoms with Crippen molar-refractivity contribution in [3.63, 3.8) is 0 Å². The minimum atomic E-state index is -0.221. The zero-order valence-electron chi connectivity index (χ0n) is 14.1. The molecule has 0 saturated carbocycles. The van der Waals surface area contributed by atoms with Crippen molar-refractivity contribution in [3.8, 4) is 0 Å². The summed E-state index contributed by atoms with van der Waals surface area (Å²) >= 11 is 0. The lowest BCUT2D eigenvalue weighted by Gasteiger charge is -2.42. The largest absolute Gasteiger partial charge is 0.378 e. The maximum absolute atomic E-state index is 12.3. The molecule has 1 aromatic rings. The van der Waals surface area contributed by atoms with Crippen LogP contribution in [-0.2, 0) is 22.5 Å². The Bertz CT molecular complexity index is 553. The molecular formula is C18H27N3O2. The molecule has 1 unspecified atom stereocenters. The van der Waals surface area contributed by atoms with E-state index >= 15 is 0 Å². The Morgan fingerprint density at radius 2 is 2.17 bits per heavy atom. The number of carbonyl (C=O) groups excluding carboxylic acids is 1. The second-order valence-electron chi connectivity index (χ2n) is 7.05. The Labute approximate surface area is 138 Å². The van der Waals surface area contributed by atoms with Gasteiger partial charge in [-0.3, -0.25) is 9.69 Å². The van der Waals surface area contributed by atoms with Crippen molar-refractivity contribution in [2.45, 2.75) is 38.4 Å². The fourth-order valence-corrected chi connectivity index (χ4v) is 3.28. The molecule has 0 radical (unpaired) electrons. The first kappa shape index (κ1) is 16.4. The van der Waals surface area contributed by atoms with Crippen LogP contribution in [0.25, 0.3) is 0 Å². The quantitative estimate of drug-likeness (QED) is 0.867. The summed E-state index contributed by atoms with van der Waals surface area (Å²) in [5.41, 5.74) is 2.78. The lowest BCUT2D eigenvalue weighted by atomic mass is 9.94. The molecular weight excluding hydrogens is 290 g/mol. The van der Waals surface area contributed by atoms with Crippen LogP contribution in [0.5, 0.6) is 0 Å². The molecule has 3 rings (SSSR count). The number of nitrogens with one attached hydrogen (secondary N) is 2. The van der Waals surface area contributed by atoms with E-state index in [1.165, 1.54) is 11.1 Å². The van der Waals surface area contributed by atoms with Crippen molar-refractivity contribution < 1.29 is 9.53 Å². The first-order valence-corrected chi connectivity index (χ1v) is 8.47. The van der Waals surface area contributed by atoms with Crippen LogP contribution < -0.4 is 10.6 Å². The topological polar surface area (TPSA) is 53.6 Å². The van der Waals surface area contributed by atoms with E-state index in [9.17, 15) is 4.79 Å². The van der Waals surface area contributed by atoms with Gasteiger partial charge in [0.15, 0.2) is 0 Å². The second-order valence-corrected chi connectivity index (χ2v) is 7.05. The summed E-state index contributed by atoms with van der Waals surface area (Å²) in [7, 11) is 0. The molecule has 5 nitrogen and oxygen atoms in total. The Kier molecular flexibility index (Phi) is 4.99. The lowest BCUT2D eigenvalue weighted by Crippen LogP contribution is -2.57. The number of fused-ring (bicyclic) bond motifs is 1. The lowest BCUT2D eigenvalue weighted by molar-refractivity contribution is -0.126. The summed E-state index contributed by atoms with van der Waals surface area (Å²) in [6.07, 6.45) is 1.07. The van der Waals surface area contributed by atoms with E-state index in [1.807, 2.05) is 0 Å². The first-order valence-electron chi connectivity index (χ1n) is 8.47. The van der Waals surface area contributed by atoms with Gasteiger partial charge in [0.1, 0.15) is 6.04 Å². The highest BCUT2D eigenvalue weighted by Gasteiger charge is 2.31. The highest BCUT2D eigenvalue weighted by atomic mass is 16.5. The molecule has 0 spiro atoms. The van der Waals surface area contributed by atoms with Crippen molar-refractivity contribution in [3.05, 3.63) is 35.4 Å². The van der Waals surface area contributed by atoms with E-state index in [0.29, 0.717) is 19.8 Å². The standard InChI is InChI=1S/C18H27N3O2/c1-18(2,13-20-17(22)16-12-23-10-8-19-16)21-9-7-14-5-3-4-6-15(14)11-21/h3-6,16,19H,7-13H2,1-2H3,(H,20,22). The van der Waals surface area contributed by atoms with Crippen molar-refractivity contribution in [2.24, 2.45) is 0 Å². The van der Waals surface area contributed by atoms with Crippen molar-refractivity contribution in [1.29, 1.82) is 0 Å². The normalized spacial score (nSPS) is 22.4. The van der Waals surface area contributed by atoms with Crippen molar-refractivity contribution in [1.82, 2.24) is 15.5 Å². The molecule has 1 saturated heterocycles. The Hall–Kier alpha value is -1.43. The third-order valence-electron chi connectivity index (χ3n) is 4.92. The van der Waals surface area contributed by atoms with Crippen LogP contribution in [-0.4, -0.2) is 55.2 Å². The van der Waals surface area contributed by atoms with Gasteiger partial charge in [-0.05, 0) is 31.4 Å². The van der Waals surface area contributed by atoms with Crippen molar-refractivity contribution in [2.75, 3.05) is 32.8 Å². The number of hydrogen-bond acceptors (Lipinski definition) is 4. The number of nitrogens with zero attached hydrogens (tertiary/aromatic N) is 1. The van der Waals surface area contributed by atoms with Crippen LogP contribution in [0.2, 0.25) is 0 Å². The van der Waals surface area contributed by atoms with Gasteiger partial charge >= 0.3 is 0 Å². The zero-order chi connectivity index (χ0) is 16.3. The Morgan fingerprint density at radius 1 is 1.39 bits per heavy atom. The van der Waals surface area contributed by atoms with E-state index in [0.717, 1.165) is 26.1 Å². The predicted octanol–water partition coefficient (Wildman–Crippen LogP) is 0.928. The number of rotatable bonds is 4. The van der Waals surface area contributed by atoms with Gasteiger partial charge in [-0.25, -0.2) is 0 Å². The third-order valence-corrected chi connectivity index (χ3v) is 4.92. The zero-order valence-corrected chi connectivity index (χ0v) is 14.1. The first-order chi connectivity index (χ1) is 11.1. The summed E-state index contributed by atoms with van der Waals surface area (Å²) in [6, 6.07) is 8.42. The van der Waals surface area contributed by atoms with E-state index in [2.05, 4.69) is 53.6 Å². The average Bonchev–Trinajstić information content (AvgIpc) is 2.60. The van der Waals surface area contributed by atoms with Gasteiger partial charge in [0, 0.05) is 31.7 Å². The molecule has 2 aliphatic rings. The maximum Gasteiger partial charge on any atom is 0.239 e. The van der Waals surface area contributed by atoms with E-state index in [-0.39, 0.29) is 17.5 Å². The molecule has 1 amide bonds. The third kappa shape index (κ3) is 3.91. The summed E-state index contributed by atoms with van der Waals surface area (Å²) in [5, 5.41) is 6.29. The van der Waals surface area contributed by atoms with Gasteiger partial charge in [-0.15, -0.1) is 0 Å². The summed E-state index contributed by atoms with van der Waals surface area (Å²) in [6.45, 7) is 8.91.